The number of carbonyl (C=O) groups excluding carboxylic acids is 1. The molecular weight excluding hydrogens is 379 g/mol. The van der Waals surface area contributed by atoms with Gasteiger partial charge in [0.15, 0.2) is 0 Å². The van der Waals surface area contributed by atoms with Gasteiger partial charge in [0.25, 0.3) is 5.91 Å². The molecule has 0 bridgehead atoms. The third kappa shape index (κ3) is 4.47. The summed E-state index contributed by atoms with van der Waals surface area (Å²) in [6, 6.07) is 6.94. The zero-order chi connectivity index (χ0) is 19.6. The molecule has 2 aromatic rings. The SMILES string of the molecule is CSc1cccc(NC(=O)c2c(C(F)(F)F)c(C)nn2CC2CCCO2)c1. The molecule has 1 aliphatic rings. The van der Waals surface area contributed by atoms with Crippen molar-refractivity contribution in [3.8, 4) is 0 Å². The van der Waals surface area contributed by atoms with Crippen molar-refractivity contribution >= 4 is 23.4 Å². The van der Waals surface area contributed by atoms with Crippen molar-refractivity contribution in [2.45, 2.75) is 43.5 Å². The van der Waals surface area contributed by atoms with E-state index < -0.39 is 23.3 Å². The van der Waals surface area contributed by atoms with Crippen LogP contribution < -0.4 is 5.32 Å². The number of alkyl halides is 3. The molecule has 146 valence electrons. The van der Waals surface area contributed by atoms with Crippen LogP contribution in [0.5, 0.6) is 0 Å². The first-order valence-electron chi connectivity index (χ1n) is 8.51. The van der Waals surface area contributed by atoms with Crippen LogP contribution in [0.15, 0.2) is 29.2 Å². The van der Waals surface area contributed by atoms with Crippen LogP contribution in [0.1, 0.15) is 34.6 Å². The summed E-state index contributed by atoms with van der Waals surface area (Å²) in [5, 5.41) is 6.56. The number of aryl methyl sites for hydroxylation is 1. The Hall–Kier alpha value is -2.00. The Labute approximate surface area is 159 Å². The normalized spacial score (nSPS) is 17.3. The molecule has 27 heavy (non-hydrogen) atoms. The fourth-order valence-corrected chi connectivity index (χ4v) is 3.62. The molecule has 1 amide bonds. The molecule has 0 saturated carbocycles. The first kappa shape index (κ1) is 19.8. The van der Waals surface area contributed by atoms with Gasteiger partial charge in [0, 0.05) is 17.2 Å². The van der Waals surface area contributed by atoms with Gasteiger partial charge in [-0.05, 0) is 44.2 Å². The van der Waals surface area contributed by atoms with Gasteiger partial charge in [-0.3, -0.25) is 9.48 Å². The molecule has 1 aromatic heterocycles. The van der Waals surface area contributed by atoms with Crippen LogP contribution in [-0.2, 0) is 17.5 Å². The molecular formula is C18H20F3N3O2S. The highest BCUT2D eigenvalue weighted by Gasteiger charge is 2.41. The van der Waals surface area contributed by atoms with Gasteiger partial charge in [0.2, 0.25) is 0 Å². The number of carbonyl (C=O) groups is 1. The Bertz CT molecular complexity index is 830. The van der Waals surface area contributed by atoms with E-state index in [0.717, 1.165) is 22.4 Å². The average Bonchev–Trinajstić information content (AvgIpc) is 3.22. The summed E-state index contributed by atoms with van der Waals surface area (Å²) in [6.07, 6.45) is -1.45. The van der Waals surface area contributed by atoms with Crippen molar-refractivity contribution in [2.24, 2.45) is 0 Å². The first-order valence-corrected chi connectivity index (χ1v) is 9.73. The van der Waals surface area contributed by atoms with Gasteiger partial charge in [0.1, 0.15) is 11.3 Å². The van der Waals surface area contributed by atoms with Crippen LogP contribution >= 0.6 is 11.8 Å². The largest absolute Gasteiger partial charge is 0.420 e. The van der Waals surface area contributed by atoms with E-state index in [1.165, 1.54) is 18.7 Å². The molecule has 2 heterocycles. The predicted molar refractivity (Wildman–Crippen MR) is 97.1 cm³/mol. The second kappa shape index (κ2) is 7.93. The molecule has 0 spiro atoms. The van der Waals surface area contributed by atoms with E-state index in [4.69, 9.17) is 4.74 Å². The van der Waals surface area contributed by atoms with Gasteiger partial charge in [0.05, 0.1) is 18.3 Å². The monoisotopic (exact) mass is 399 g/mol. The fraction of sp³-hybridized carbons (Fsp3) is 0.444. The van der Waals surface area contributed by atoms with E-state index >= 15 is 0 Å². The second-order valence-corrected chi connectivity index (χ2v) is 7.19. The number of amides is 1. The van der Waals surface area contributed by atoms with Crippen molar-refractivity contribution in [3.63, 3.8) is 0 Å². The van der Waals surface area contributed by atoms with E-state index in [1.54, 1.807) is 18.2 Å². The maximum atomic E-state index is 13.6. The van der Waals surface area contributed by atoms with Crippen molar-refractivity contribution < 1.29 is 22.7 Å². The zero-order valence-corrected chi connectivity index (χ0v) is 15.8. The quantitative estimate of drug-likeness (QED) is 0.759. The van der Waals surface area contributed by atoms with E-state index in [-0.39, 0.29) is 18.3 Å². The minimum Gasteiger partial charge on any atom is -0.376 e. The third-order valence-electron chi connectivity index (χ3n) is 4.35. The number of halogens is 3. The van der Waals surface area contributed by atoms with Crippen LogP contribution in [-0.4, -0.2) is 34.7 Å². The molecule has 9 heteroatoms. The highest BCUT2D eigenvalue weighted by molar-refractivity contribution is 7.98. The Balaban J connectivity index is 1.95. The Morgan fingerprint density at radius 2 is 2.22 bits per heavy atom. The number of rotatable bonds is 5. The maximum Gasteiger partial charge on any atom is 0.420 e. The van der Waals surface area contributed by atoms with Gasteiger partial charge < -0.3 is 10.1 Å². The number of ether oxygens (including phenoxy) is 1. The van der Waals surface area contributed by atoms with Crippen LogP contribution in [0.4, 0.5) is 18.9 Å². The Kier molecular flexibility index (Phi) is 5.81. The Morgan fingerprint density at radius 1 is 1.44 bits per heavy atom. The molecule has 0 radical (unpaired) electrons. The summed E-state index contributed by atoms with van der Waals surface area (Å²) >= 11 is 1.48. The van der Waals surface area contributed by atoms with Crippen LogP contribution in [0.25, 0.3) is 0 Å². The van der Waals surface area contributed by atoms with Crippen LogP contribution in [0.2, 0.25) is 0 Å². The fourth-order valence-electron chi connectivity index (χ4n) is 3.16. The molecule has 1 fully saturated rings. The van der Waals surface area contributed by atoms with Crippen molar-refractivity contribution in [3.05, 3.63) is 41.2 Å². The van der Waals surface area contributed by atoms with Gasteiger partial charge in [-0.1, -0.05) is 6.07 Å². The van der Waals surface area contributed by atoms with Gasteiger partial charge in [-0.25, -0.2) is 0 Å². The standard InChI is InChI=1S/C18H20F3N3O2S/c1-11-15(18(19,20)21)16(24(23-11)10-13-6-4-8-26-13)17(25)22-12-5-3-7-14(9-12)27-2/h3,5,7,9,13H,4,6,8,10H2,1-2H3,(H,22,25). The van der Waals surface area contributed by atoms with Crippen LogP contribution in [0.3, 0.4) is 0 Å². The summed E-state index contributed by atoms with van der Waals surface area (Å²) < 4.78 is 47.4. The number of anilines is 1. The number of thioether (sulfide) groups is 1. The second-order valence-electron chi connectivity index (χ2n) is 6.31. The van der Waals surface area contributed by atoms with Crippen molar-refractivity contribution in [1.82, 2.24) is 9.78 Å². The van der Waals surface area contributed by atoms with Gasteiger partial charge >= 0.3 is 6.18 Å². The number of benzene rings is 1. The average molecular weight is 399 g/mol. The molecule has 1 saturated heterocycles. The molecule has 0 aliphatic carbocycles. The van der Waals surface area contributed by atoms with E-state index in [0.29, 0.717) is 12.3 Å². The molecule has 1 aliphatic heterocycles. The minimum atomic E-state index is -4.67. The smallest absolute Gasteiger partial charge is 0.376 e. The molecule has 1 unspecified atom stereocenters. The van der Waals surface area contributed by atoms with E-state index in [2.05, 4.69) is 10.4 Å². The maximum absolute atomic E-state index is 13.6. The van der Waals surface area contributed by atoms with Crippen molar-refractivity contribution in [2.75, 3.05) is 18.2 Å². The molecule has 1 N–H and O–H groups in total. The molecule has 5 nitrogen and oxygen atoms in total. The number of hydrogen-bond donors (Lipinski definition) is 1. The Morgan fingerprint density at radius 3 is 2.85 bits per heavy atom. The van der Waals surface area contributed by atoms with Crippen molar-refractivity contribution in [1.29, 1.82) is 0 Å². The molecule has 1 atom stereocenters. The lowest BCUT2D eigenvalue weighted by Gasteiger charge is -2.15. The summed E-state index contributed by atoms with van der Waals surface area (Å²) in [5.74, 6) is -0.834. The minimum absolute atomic E-state index is 0.116. The summed E-state index contributed by atoms with van der Waals surface area (Å²) in [7, 11) is 0. The van der Waals surface area contributed by atoms with Gasteiger partial charge in [-0.15, -0.1) is 11.8 Å². The molecule has 3 rings (SSSR count). The number of nitrogens with zero attached hydrogens (tertiary/aromatic N) is 2. The highest BCUT2D eigenvalue weighted by atomic mass is 32.2. The van der Waals surface area contributed by atoms with E-state index in [9.17, 15) is 18.0 Å². The predicted octanol–water partition coefficient (Wildman–Crippen LogP) is 4.36. The third-order valence-corrected chi connectivity index (χ3v) is 5.08. The lowest BCUT2D eigenvalue weighted by molar-refractivity contribution is -0.138. The highest BCUT2D eigenvalue weighted by Crippen LogP contribution is 2.35. The topological polar surface area (TPSA) is 56.2 Å². The van der Waals surface area contributed by atoms with Crippen LogP contribution in [0, 0.1) is 6.92 Å². The lowest BCUT2D eigenvalue weighted by Crippen LogP contribution is -2.25. The zero-order valence-electron chi connectivity index (χ0n) is 15.0. The lowest BCUT2D eigenvalue weighted by atomic mass is 10.1. The van der Waals surface area contributed by atoms with Gasteiger partial charge in [-0.2, -0.15) is 18.3 Å². The first-order chi connectivity index (χ1) is 12.8. The molecule has 1 aromatic carbocycles. The summed E-state index contributed by atoms with van der Waals surface area (Å²) in [4.78, 5) is 13.7. The number of nitrogens with one attached hydrogen (secondary N) is 1. The number of aromatic nitrogens is 2. The summed E-state index contributed by atoms with van der Waals surface area (Å²) in [5.41, 5.74) is -1.27. The number of hydrogen-bond acceptors (Lipinski definition) is 4. The van der Waals surface area contributed by atoms with E-state index in [1.807, 2.05) is 12.3 Å². The summed E-state index contributed by atoms with van der Waals surface area (Å²) in [6.45, 7) is 1.95.